The van der Waals surface area contributed by atoms with Crippen LogP contribution in [-0.2, 0) is 16.6 Å². The molecule has 60 heavy (non-hydrogen) atoms. The van der Waals surface area contributed by atoms with Crippen LogP contribution in [0.5, 0.6) is 11.5 Å². The molecule has 2 aliphatic heterocycles. The number of nitriles is 1. The van der Waals surface area contributed by atoms with Gasteiger partial charge in [0.15, 0.2) is 17.4 Å². The second-order valence-electron chi connectivity index (χ2n) is 14.6. The number of halogens is 3. The number of carbonyl (C=O) groups is 2. The normalized spacial score (nSPS) is 19.6. The maximum atomic E-state index is 14.8. The van der Waals surface area contributed by atoms with Gasteiger partial charge in [-0.2, -0.15) is 23.2 Å². The van der Waals surface area contributed by atoms with Gasteiger partial charge < -0.3 is 29.1 Å². The zero-order valence-electron chi connectivity index (χ0n) is 34.3. The zero-order valence-corrected chi connectivity index (χ0v) is 36.3. The van der Waals surface area contributed by atoms with Crippen LogP contribution >= 0.6 is 0 Å². The van der Waals surface area contributed by atoms with E-state index in [-0.39, 0.29) is 88.7 Å². The van der Waals surface area contributed by atoms with Crippen molar-refractivity contribution in [2.24, 2.45) is 7.05 Å². The summed E-state index contributed by atoms with van der Waals surface area (Å²) in [5, 5.41) is 16.7. The number of rotatable bonds is 7. The Labute approximate surface area is 368 Å². The number of benzene rings is 3. The van der Waals surface area contributed by atoms with Crippen LogP contribution in [0, 0.1) is 36.8 Å². The van der Waals surface area contributed by atoms with E-state index in [1.165, 1.54) is 29.4 Å². The van der Waals surface area contributed by atoms with Crippen molar-refractivity contribution in [1.82, 2.24) is 24.6 Å². The topological polar surface area (TPSA) is 170 Å². The Hall–Kier alpha value is -4.95. The summed E-state index contributed by atoms with van der Waals surface area (Å²) in [4.78, 5) is 42.4. The fourth-order valence-electron chi connectivity index (χ4n) is 7.78. The molecule has 312 valence electrons. The van der Waals surface area contributed by atoms with Crippen molar-refractivity contribution in [3.63, 3.8) is 0 Å². The van der Waals surface area contributed by atoms with Crippen molar-refractivity contribution in [2.45, 2.75) is 88.9 Å². The molecule has 8 rings (SSSR count). The van der Waals surface area contributed by atoms with E-state index in [2.05, 4.69) is 29.2 Å². The molecule has 2 unspecified atom stereocenters. The molecule has 1 aliphatic carbocycles. The van der Waals surface area contributed by atoms with Gasteiger partial charge in [0, 0.05) is 31.0 Å². The summed E-state index contributed by atoms with van der Waals surface area (Å²) >= 11 is 0. The quantitative estimate of drug-likeness (QED) is 0.129. The Bertz CT molecular complexity index is 2480. The first-order valence-corrected chi connectivity index (χ1v) is 19.7. The molecule has 13 nitrogen and oxygen atoms in total. The maximum Gasteiger partial charge on any atom is 1.00 e. The van der Waals surface area contributed by atoms with Gasteiger partial charge in [0.1, 0.15) is 29.4 Å². The van der Waals surface area contributed by atoms with Crippen molar-refractivity contribution in [2.75, 3.05) is 23.8 Å². The van der Waals surface area contributed by atoms with E-state index in [4.69, 9.17) is 15.2 Å². The molecule has 3 amide bonds. The Balaban J connectivity index is 0.000000218. The van der Waals surface area contributed by atoms with Crippen molar-refractivity contribution in [3.05, 3.63) is 95.8 Å². The van der Waals surface area contributed by atoms with Crippen molar-refractivity contribution in [1.29, 1.82) is 5.26 Å². The van der Waals surface area contributed by atoms with Gasteiger partial charge in [-0.15, -0.1) is 0 Å². The third-order valence-corrected chi connectivity index (χ3v) is 11.0. The van der Waals surface area contributed by atoms with Crippen molar-refractivity contribution < 1.29 is 61.8 Å². The van der Waals surface area contributed by atoms with E-state index in [0.29, 0.717) is 71.9 Å². The molecule has 2 saturated heterocycles. The van der Waals surface area contributed by atoms with E-state index in [9.17, 15) is 32.8 Å². The first-order valence-electron chi connectivity index (χ1n) is 19.7. The van der Waals surface area contributed by atoms with Crippen LogP contribution in [0.25, 0.3) is 21.8 Å². The smallest absolute Gasteiger partial charge is 0.453 e. The number of nitrogens with zero attached hydrogens (tertiary/aromatic N) is 6. The second kappa shape index (κ2) is 19.6. The van der Waals surface area contributed by atoms with Gasteiger partial charge in [0.2, 0.25) is 5.91 Å². The molecule has 0 spiro atoms. The number of amides is 3. The molecule has 3 fully saturated rings. The molecule has 3 N–H and O–H groups in total. The third kappa shape index (κ3) is 9.34. The van der Waals surface area contributed by atoms with Gasteiger partial charge in [-0.1, -0.05) is 13.8 Å². The molecule has 3 aliphatic rings. The van der Waals surface area contributed by atoms with Crippen LogP contribution in [-0.4, -0.2) is 56.2 Å². The molecule has 0 radical (unpaired) electrons. The first kappa shape index (κ1) is 46.1. The Morgan fingerprint density at radius 2 is 1.82 bits per heavy atom. The summed E-state index contributed by atoms with van der Waals surface area (Å²) in [7, 11) is 1.72. The predicted octanol–water partition coefficient (Wildman–Crippen LogP) is 5.11. The largest absolute Gasteiger partial charge is 1.00 e. The SMILES string of the molecule is CC.Cn1nc(N2CCC(=O)NC2=O)c2cc(F)c([C@H]3CCCC(F)C3)cc21.[CH2-]CC1(C[CH2-])CC(n2cnc3ccc(Oc4c(F)ccc(N)c4C#N)cc3c2=O)CO1.[Na+]. The number of hydrogen-bond acceptors (Lipinski definition) is 9. The third-order valence-electron chi connectivity index (χ3n) is 11.0. The Morgan fingerprint density at radius 1 is 1.07 bits per heavy atom. The first-order chi connectivity index (χ1) is 28.3. The Kier molecular flexibility index (Phi) is 15.1. The molecular weight excluding hydrogens is 789 g/mol. The average Bonchev–Trinajstić information content (AvgIpc) is 3.81. The van der Waals surface area contributed by atoms with E-state index >= 15 is 0 Å². The van der Waals surface area contributed by atoms with Crippen LogP contribution in [0.1, 0.15) is 88.3 Å². The standard InChI is InChI=1S/C23H21FN4O3.C18H20F2N4O2.C2H6.Na/c1-3-23(4-2)10-14(12-30-23)28-13-27-20-8-5-15(9-16(20)22(28)29)31-21-17(11-25)19(26)7-6-18(21)24;1-23-15-9-12(10-3-2-4-11(19)7-10)14(20)8-13(15)17(22-23)24-6-5-16(25)21-18(24)26;1-2;/h5-9,13-14H,1-4,10,12,26H2;8-11H,2-7H2,1H3,(H,21,25,26);1-2H3;/q-2;;;+1/t;10-,11?;;/m.0../s1. The number of anilines is 2. The molecule has 17 heteroatoms. The Morgan fingerprint density at radius 3 is 2.48 bits per heavy atom. The number of nitrogen functional groups attached to an aromatic ring is 1. The van der Waals surface area contributed by atoms with Gasteiger partial charge in [0.05, 0.1) is 41.1 Å². The summed E-state index contributed by atoms with van der Waals surface area (Å²) in [6.45, 7) is 12.5. The van der Waals surface area contributed by atoms with Crippen LogP contribution in [0.4, 0.5) is 29.5 Å². The van der Waals surface area contributed by atoms with Gasteiger partial charge in [-0.3, -0.25) is 29.1 Å². The van der Waals surface area contributed by atoms with Crippen LogP contribution < -0.4 is 55.8 Å². The summed E-state index contributed by atoms with van der Waals surface area (Å²) in [5.41, 5.74) is 6.70. The monoisotopic (exact) mass is 835 g/mol. The number of hydrogen-bond donors (Lipinski definition) is 2. The molecule has 2 aromatic heterocycles. The molecule has 5 aromatic rings. The maximum absolute atomic E-state index is 14.8. The molecule has 0 bridgehead atoms. The number of nitrogens with one attached hydrogen (secondary N) is 1. The second-order valence-corrected chi connectivity index (χ2v) is 14.6. The predicted molar refractivity (Wildman–Crippen MR) is 218 cm³/mol. The number of nitrogens with two attached hydrogens (primary N) is 1. The van der Waals surface area contributed by atoms with Gasteiger partial charge in [-0.25, -0.2) is 22.9 Å². The van der Waals surface area contributed by atoms with Crippen molar-refractivity contribution >= 4 is 45.2 Å². The zero-order chi connectivity index (χ0) is 42.6. The molecular formula is C43H47F3N8NaO5-. The molecule has 4 heterocycles. The minimum atomic E-state index is -0.888. The summed E-state index contributed by atoms with van der Waals surface area (Å²) in [6.07, 6.45) is 4.93. The molecule has 3 aromatic carbocycles. The van der Waals surface area contributed by atoms with Gasteiger partial charge in [-0.05, 0) is 86.1 Å². The molecule has 3 atom stereocenters. The molecule has 1 saturated carbocycles. The number of carbonyl (C=O) groups excluding carboxylic acids is 2. The number of aryl methyl sites for hydroxylation is 1. The van der Waals surface area contributed by atoms with E-state index in [1.807, 2.05) is 19.9 Å². The fraction of sp³-hybridized carbons (Fsp3) is 0.395. The minimum Gasteiger partial charge on any atom is -0.453 e. The van der Waals surface area contributed by atoms with Crippen LogP contribution in [0.3, 0.4) is 0 Å². The number of alkyl halides is 1. The summed E-state index contributed by atoms with van der Waals surface area (Å²) in [5.74, 6) is -1.38. The van der Waals surface area contributed by atoms with E-state index < -0.39 is 29.4 Å². The number of aromatic nitrogens is 4. The average molecular weight is 836 g/mol. The van der Waals surface area contributed by atoms with Crippen LogP contribution in [0.2, 0.25) is 0 Å². The summed E-state index contributed by atoms with van der Waals surface area (Å²) < 4.78 is 57.5. The van der Waals surface area contributed by atoms with Crippen LogP contribution in [0.15, 0.2) is 53.6 Å². The van der Waals surface area contributed by atoms with E-state index in [0.717, 1.165) is 18.9 Å². The van der Waals surface area contributed by atoms with E-state index in [1.54, 1.807) is 34.5 Å². The van der Waals surface area contributed by atoms with Gasteiger partial charge >= 0.3 is 35.6 Å². The summed E-state index contributed by atoms with van der Waals surface area (Å²) in [6, 6.07) is 11.3. The minimum absolute atomic E-state index is 0. The fourth-order valence-corrected chi connectivity index (χ4v) is 7.78. The number of fused-ring (bicyclic) bond motifs is 2. The van der Waals surface area contributed by atoms with Gasteiger partial charge in [0.25, 0.3) is 5.56 Å². The number of imide groups is 1. The number of urea groups is 1. The van der Waals surface area contributed by atoms with Crippen molar-refractivity contribution in [3.8, 4) is 17.6 Å². The number of ether oxygens (including phenoxy) is 2.